The molecule has 3 saturated carbocycles. The van der Waals surface area contributed by atoms with Crippen molar-refractivity contribution in [3.05, 3.63) is 52.9 Å². The first-order valence-electron chi connectivity index (χ1n) is 9.21. The van der Waals surface area contributed by atoms with Gasteiger partial charge in [0.25, 0.3) is 0 Å². The zero-order valence-electron chi connectivity index (χ0n) is 14.7. The largest absolute Gasteiger partial charge is 0.481 e. The number of carboxylic acid groups (broad SMARTS) is 1. The van der Waals surface area contributed by atoms with Gasteiger partial charge >= 0.3 is 5.97 Å². The van der Waals surface area contributed by atoms with E-state index in [0.29, 0.717) is 17.4 Å². The van der Waals surface area contributed by atoms with Crippen molar-refractivity contribution in [2.75, 3.05) is 5.32 Å². The molecule has 0 amide bonds. The number of nitrogens with zero attached hydrogens (tertiary/aromatic N) is 2. The van der Waals surface area contributed by atoms with Crippen LogP contribution in [0.1, 0.15) is 36.9 Å². The van der Waals surface area contributed by atoms with Gasteiger partial charge in [-0.3, -0.25) is 4.79 Å². The molecule has 27 heavy (non-hydrogen) atoms. The second-order valence-electron chi connectivity index (χ2n) is 7.23. The zero-order valence-corrected chi connectivity index (χ0v) is 15.5. The summed E-state index contributed by atoms with van der Waals surface area (Å²) in [7, 11) is 0. The Morgan fingerprint density at radius 1 is 1.07 bits per heavy atom. The van der Waals surface area contributed by atoms with Crippen LogP contribution in [0.2, 0.25) is 5.28 Å². The van der Waals surface area contributed by atoms with Gasteiger partial charge in [-0.1, -0.05) is 24.1 Å². The summed E-state index contributed by atoms with van der Waals surface area (Å²) in [6.07, 6.45) is 4.12. The van der Waals surface area contributed by atoms with Crippen molar-refractivity contribution < 1.29 is 9.90 Å². The molecule has 3 aliphatic carbocycles. The van der Waals surface area contributed by atoms with E-state index in [-0.39, 0.29) is 23.2 Å². The van der Waals surface area contributed by atoms with Crippen molar-refractivity contribution in [2.24, 2.45) is 17.8 Å². The van der Waals surface area contributed by atoms with Crippen LogP contribution in [0, 0.1) is 29.6 Å². The third-order valence-corrected chi connectivity index (χ3v) is 5.80. The van der Waals surface area contributed by atoms with E-state index in [4.69, 9.17) is 11.6 Å². The molecule has 5 rings (SSSR count). The van der Waals surface area contributed by atoms with Crippen LogP contribution in [0.15, 0.2) is 36.4 Å². The fourth-order valence-corrected chi connectivity index (χ4v) is 4.58. The first kappa shape index (κ1) is 17.8. The Morgan fingerprint density at radius 3 is 2.48 bits per heavy atom. The molecule has 5 nitrogen and oxygen atoms in total. The van der Waals surface area contributed by atoms with Crippen molar-refractivity contribution in [2.45, 2.75) is 31.7 Å². The van der Waals surface area contributed by atoms with Crippen molar-refractivity contribution in [1.82, 2.24) is 9.97 Å². The molecule has 0 aliphatic heterocycles. The SMILES string of the molecule is O=C(O)C1C2CCC(CC2)C1Nc1cc(C#Cc2ccccc2)nc(Cl)n1. The van der Waals surface area contributed by atoms with Crippen LogP contribution in [0.3, 0.4) is 0 Å². The second-order valence-corrected chi connectivity index (χ2v) is 7.57. The Hall–Kier alpha value is -2.58. The number of aliphatic carboxylic acids is 1. The molecule has 2 atom stereocenters. The molecule has 1 heterocycles. The molecule has 0 spiro atoms. The summed E-state index contributed by atoms with van der Waals surface area (Å²) < 4.78 is 0. The lowest BCUT2D eigenvalue weighted by atomic mass is 9.61. The minimum atomic E-state index is -0.730. The lowest BCUT2D eigenvalue weighted by molar-refractivity contribution is -0.148. The molecule has 2 bridgehead atoms. The lowest BCUT2D eigenvalue weighted by Gasteiger charge is -2.47. The van der Waals surface area contributed by atoms with E-state index in [2.05, 4.69) is 27.1 Å². The number of rotatable bonds is 3. The summed E-state index contributed by atoms with van der Waals surface area (Å²) in [5.41, 5.74) is 1.39. The van der Waals surface area contributed by atoms with Crippen molar-refractivity contribution in [3.63, 3.8) is 0 Å². The summed E-state index contributed by atoms with van der Waals surface area (Å²) in [6, 6.07) is 11.2. The Balaban J connectivity index is 1.58. The van der Waals surface area contributed by atoms with E-state index in [1.807, 2.05) is 30.3 Å². The average Bonchev–Trinajstić information content (AvgIpc) is 2.67. The molecular weight excluding hydrogens is 362 g/mol. The number of benzene rings is 1. The molecular formula is C21H20ClN3O2. The summed E-state index contributed by atoms with van der Waals surface area (Å²) in [5.74, 6) is 6.07. The van der Waals surface area contributed by atoms with Crippen LogP contribution in [0.25, 0.3) is 0 Å². The van der Waals surface area contributed by atoms with Gasteiger partial charge in [0.05, 0.1) is 5.92 Å². The number of fused-ring (bicyclic) bond motifs is 3. The molecule has 0 radical (unpaired) electrons. The number of aromatic nitrogens is 2. The summed E-state index contributed by atoms with van der Waals surface area (Å²) in [6.45, 7) is 0. The molecule has 0 saturated heterocycles. The van der Waals surface area contributed by atoms with Crippen molar-refractivity contribution >= 4 is 23.4 Å². The standard InChI is InChI=1S/C21H20ClN3O2/c22-21-23-16(11-6-13-4-2-1-3-5-13)12-17(25-21)24-19-15-9-7-14(8-10-15)18(19)20(26)27/h1-5,12,14-15,18-19H,7-10H2,(H,26,27)(H,23,24,25). The fraction of sp³-hybridized carbons (Fsp3) is 0.381. The van der Waals surface area contributed by atoms with Crippen LogP contribution in [-0.4, -0.2) is 27.1 Å². The lowest BCUT2D eigenvalue weighted by Crippen LogP contribution is -2.51. The van der Waals surface area contributed by atoms with Gasteiger partial charge in [-0.05, 0) is 67.2 Å². The Kier molecular flexibility index (Phi) is 5.00. The quantitative estimate of drug-likeness (QED) is 0.624. The number of carboxylic acids is 1. The molecule has 3 aliphatic rings. The number of nitrogens with one attached hydrogen (secondary N) is 1. The van der Waals surface area contributed by atoms with Gasteiger partial charge in [0, 0.05) is 17.7 Å². The highest BCUT2D eigenvalue weighted by molar-refractivity contribution is 6.28. The van der Waals surface area contributed by atoms with Crippen LogP contribution >= 0.6 is 11.6 Å². The van der Waals surface area contributed by atoms with E-state index < -0.39 is 5.97 Å². The third-order valence-electron chi connectivity index (χ3n) is 5.63. The van der Waals surface area contributed by atoms with Crippen LogP contribution in [0.4, 0.5) is 5.82 Å². The molecule has 1 aromatic carbocycles. The fourth-order valence-electron chi connectivity index (χ4n) is 4.40. The summed E-state index contributed by atoms with van der Waals surface area (Å²) in [4.78, 5) is 20.2. The number of halogens is 1. The average molecular weight is 382 g/mol. The minimum Gasteiger partial charge on any atom is -0.481 e. The summed E-state index contributed by atoms with van der Waals surface area (Å²) in [5, 5.41) is 13.1. The normalized spacial score (nSPS) is 26.1. The monoisotopic (exact) mass is 381 g/mol. The van der Waals surface area contributed by atoms with E-state index in [1.54, 1.807) is 6.07 Å². The van der Waals surface area contributed by atoms with Crippen LogP contribution < -0.4 is 5.32 Å². The Morgan fingerprint density at radius 2 is 1.78 bits per heavy atom. The number of carbonyl (C=O) groups is 1. The Bertz CT molecular complexity index is 899. The molecule has 1 aromatic heterocycles. The first-order valence-corrected chi connectivity index (χ1v) is 9.59. The van der Waals surface area contributed by atoms with Gasteiger partial charge in [-0.25, -0.2) is 9.97 Å². The molecule has 2 unspecified atom stereocenters. The zero-order chi connectivity index (χ0) is 18.8. The minimum absolute atomic E-state index is 0.102. The third kappa shape index (κ3) is 3.91. The number of hydrogen-bond donors (Lipinski definition) is 2. The predicted octanol–water partition coefficient (Wildman–Crippen LogP) is 3.83. The van der Waals surface area contributed by atoms with E-state index in [1.165, 1.54) is 0 Å². The second kappa shape index (κ2) is 7.58. The van der Waals surface area contributed by atoms with Gasteiger partial charge in [-0.15, -0.1) is 0 Å². The highest BCUT2D eigenvalue weighted by Gasteiger charge is 2.47. The maximum atomic E-state index is 11.8. The highest BCUT2D eigenvalue weighted by atomic mass is 35.5. The van der Waals surface area contributed by atoms with E-state index in [9.17, 15) is 9.90 Å². The van der Waals surface area contributed by atoms with Gasteiger partial charge in [-0.2, -0.15) is 0 Å². The van der Waals surface area contributed by atoms with Gasteiger partial charge < -0.3 is 10.4 Å². The highest BCUT2D eigenvalue weighted by Crippen LogP contribution is 2.46. The van der Waals surface area contributed by atoms with Gasteiger partial charge in [0.1, 0.15) is 11.5 Å². The van der Waals surface area contributed by atoms with Crippen LogP contribution in [-0.2, 0) is 4.79 Å². The molecule has 2 N–H and O–H groups in total. The molecule has 6 heteroatoms. The van der Waals surface area contributed by atoms with E-state index >= 15 is 0 Å². The molecule has 3 fully saturated rings. The smallest absolute Gasteiger partial charge is 0.308 e. The molecule has 2 aromatic rings. The maximum Gasteiger partial charge on any atom is 0.308 e. The van der Waals surface area contributed by atoms with Gasteiger partial charge in [0.15, 0.2) is 0 Å². The number of hydrogen-bond acceptors (Lipinski definition) is 4. The van der Waals surface area contributed by atoms with Crippen LogP contribution in [0.5, 0.6) is 0 Å². The van der Waals surface area contributed by atoms with E-state index in [0.717, 1.165) is 31.2 Å². The van der Waals surface area contributed by atoms with Crippen molar-refractivity contribution in [3.8, 4) is 11.8 Å². The maximum absolute atomic E-state index is 11.8. The van der Waals surface area contributed by atoms with Crippen molar-refractivity contribution in [1.29, 1.82) is 0 Å². The predicted molar refractivity (Wildman–Crippen MR) is 103 cm³/mol. The summed E-state index contributed by atoms with van der Waals surface area (Å²) >= 11 is 6.08. The topological polar surface area (TPSA) is 75.1 Å². The Labute approximate surface area is 163 Å². The molecule has 138 valence electrons. The van der Waals surface area contributed by atoms with Gasteiger partial charge in [0.2, 0.25) is 5.28 Å². The number of anilines is 1. The first-order chi connectivity index (χ1) is 13.1.